The largest absolute Gasteiger partial charge is 0.494 e. The number of benzene rings is 1. The van der Waals surface area contributed by atoms with Crippen molar-refractivity contribution in [2.75, 3.05) is 13.1 Å². The molecule has 0 bridgehead atoms. The predicted molar refractivity (Wildman–Crippen MR) is 102 cm³/mol. The number of hydrogen-bond acceptors (Lipinski definition) is 5. The maximum atomic E-state index is 12.9. The predicted octanol–water partition coefficient (Wildman–Crippen LogP) is 1.90. The molecule has 27 heavy (non-hydrogen) atoms. The van der Waals surface area contributed by atoms with Crippen LogP contribution in [-0.2, 0) is 19.1 Å². The third-order valence-electron chi connectivity index (χ3n) is 5.82. The van der Waals surface area contributed by atoms with E-state index >= 15 is 0 Å². The van der Waals surface area contributed by atoms with Crippen LogP contribution in [-0.4, -0.2) is 61.2 Å². The number of carbonyl (C=O) groups is 1. The second-order valence-electron chi connectivity index (χ2n) is 8.20. The molecule has 2 heterocycles. The molecule has 7 nitrogen and oxygen atoms in total. The Morgan fingerprint density at radius 1 is 1.15 bits per heavy atom. The van der Waals surface area contributed by atoms with Gasteiger partial charge in [-0.1, -0.05) is 12.1 Å². The van der Waals surface area contributed by atoms with Crippen LogP contribution in [0.15, 0.2) is 29.2 Å². The van der Waals surface area contributed by atoms with Crippen molar-refractivity contribution in [1.82, 2.24) is 4.90 Å². The average molecular weight is 395 g/mol. The van der Waals surface area contributed by atoms with Gasteiger partial charge in [0.25, 0.3) is 0 Å². The van der Waals surface area contributed by atoms with E-state index in [1.807, 2.05) is 27.7 Å². The van der Waals surface area contributed by atoms with Crippen LogP contribution in [0.4, 0.5) is 4.79 Å². The van der Waals surface area contributed by atoms with Gasteiger partial charge < -0.3 is 19.3 Å². The summed E-state index contributed by atoms with van der Waals surface area (Å²) in [5.41, 5.74) is -0.182. The smallest absolute Gasteiger partial charge is 0.465 e. The Balaban J connectivity index is 1.78. The molecule has 1 N–H and O–H groups in total. The van der Waals surface area contributed by atoms with Gasteiger partial charge in [0.2, 0.25) is 0 Å². The Bertz CT molecular complexity index is 805. The summed E-state index contributed by atoms with van der Waals surface area (Å²) in [4.78, 5) is 12.5. The Hall–Kier alpha value is -1.58. The third kappa shape index (κ3) is 3.72. The van der Waals surface area contributed by atoms with E-state index in [-0.39, 0.29) is 11.4 Å². The van der Waals surface area contributed by atoms with Crippen LogP contribution in [0.2, 0.25) is 0 Å². The number of amides is 1. The monoisotopic (exact) mass is 395 g/mol. The summed E-state index contributed by atoms with van der Waals surface area (Å²) in [5, 5.41) is 8.42. The first kappa shape index (κ1) is 20.2. The lowest BCUT2D eigenvalue weighted by molar-refractivity contribution is 0.00578. The van der Waals surface area contributed by atoms with Crippen molar-refractivity contribution in [3.8, 4) is 0 Å². The highest BCUT2D eigenvalue weighted by molar-refractivity contribution is 7.92. The molecule has 0 aliphatic carbocycles. The zero-order valence-electron chi connectivity index (χ0n) is 16.1. The molecule has 0 aromatic heterocycles. The fourth-order valence-electron chi connectivity index (χ4n) is 3.35. The first-order valence-corrected chi connectivity index (χ1v) is 10.7. The second-order valence-corrected chi connectivity index (χ2v) is 10.4. The molecule has 0 spiro atoms. The van der Waals surface area contributed by atoms with Crippen LogP contribution in [0.3, 0.4) is 0 Å². The zero-order valence-corrected chi connectivity index (χ0v) is 17.0. The SMILES string of the molecule is CC1(C)OB(c2ccc(S(=O)(=O)C3CCCN(C(=O)O)C3)cc2)OC1(C)C. The fraction of sp³-hybridized carbons (Fsp3) is 0.611. The van der Waals surface area contributed by atoms with E-state index in [1.165, 1.54) is 4.90 Å². The molecule has 1 unspecified atom stereocenters. The van der Waals surface area contributed by atoms with Crippen molar-refractivity contribution in [1.29, 1.82) is 0 Å². The van der Waals surface area contributed by atoms with E-state index < -0.39 is 39.5 Å². The van der Waals surface area contributed by atoms with Crippen molar-refractivity contribution in [3.63, 3.8) is 0 Å². The average Bonchev–Trinajstić information content (AvgIpc) is 2.83. The minimum atomic E-state index is -3.60. The zero-order chi connectivity index (χ0) is 20.0. The number of likely N-dealkylation sites (tertiary alicyclic amines) is 1. The van der Waals surface area contributed by atoms with E-state index in [0.29, 0.717) is 19.4 Å². The van der Waals surface area contributed by atoms with Crippen molar-refractivity contribution >= 4 is 28.5 Å². The van der Waals surface area contributed by atoms with Crippen LogP contribution in [0.1, 0.15) is 40.5 Å². The molecule has 2 fully saturated rings. The molecular formula is C18H26BNO6S. The van der Waals surface area contributed by atoms with Gasteiger partial charge in [-0.05, 0) is 58.1 Å². The summed E-state index contributed by atoms with van der Waals surface area (Å²) in [7, 11) is -4.15. The Morgan fingerprint density at radius 3 is 2.22 bits per heavy atom. The standard InChI is InChI=1S/C18H26BNO6S/c1-17(2)18(3,4)26-19(25-17)13-7-9-14(10-8-13)27(23,24)15-6-5-11-20(12-15)16(21)22/h7-10,15H,5-6,11-12H2,1-4H3,(H,21,22). The molecule has 1 aromatic rings. The van der Waals surface area contributed by atoms with Gasteiger partial charge in [-0.3, -0.25) is 0 Å². The van der Waals surface area contributed by atoms with E-state index in [0.717, 1.165) is 5.46 Å². The van der Waals surface area contributed by atoms with E-state index in [4.69, 9.17) is 14.4 Å². The normalized spacial score (nSPS) is 24.8. The molecule has 1 aromatic carbocycles. The minimum Gasteiger partial charge on any atom is -0.465 e. The topological polar surface area (TPSA) is 93.1 Å². The number of hydrogen-bond donors (Lipinski definition) is 1. The fourth-order valence-corrected chi connectivity index (χ4v) is 5.10. The van der Waals surface area contributed by atoms with Gasteiger partial charge >= 0.3 is 13.2 Å². The highest BCUT2D eigenvalue weighted by Gasteiger charge is 2.51. The Kier molecular flexibility index (Phi) is 5.07. The Morgan fingerprint density at radius 2 is 1.70 bits per heavy atom. The molecule has 148 valence electrons. The van der Waals surface area contributed by atoms with Gasteiger partial charge in [0, 0.05) is 13.1 Å². The summed E-state index contributed by atoms with van der Waals surface area (Å²) >= 11 is 0. The molecule has 1 atom stereocenters. The van der Waals surface area contributed by atoms with Gasteiger partial charge in [0.1, 0.15) is 0 Å². The van der Waals surface area contributed by atoms with Crippen LogP contribution >= 0.6 is 0 Å². The van der Waals surface area contributed by atoms with Crippen molar-refractivity contribution in [2.45, 2.75) is 61.9 Å². The molecule has 0 radical (unpaired) electrons. The molecular weight excluding hydrogens is 369 g/mol. The summed E-state index contributed by atoms with van der Waals surface area (Å²) in [5.74, 6) is 0. The maximum absolute atomic E-state index is 12.9. The van der Waals surface area contributed by atoms with Crippen LogP contribution in [0, 0.1) is 0 Å². The summed E-state index contributed by atoms with van der Waals surface area (Å²) in [6.07, 6.45) is -0.0705. The van der Waals surface area contributed by atoms with Gasteiger partial charge in [0.15, 0.2) is 9.84 Å². The third-order valence-corrected chi connectivity index (χ3v) is 8.01. The van der Waals surface area contributed by atoms with Crippen molar-refractivity contribution in [3.05, 3.63) is 24.3 Å². The molecule has 2 aliphatic rings. The highest BCUT2D eigenvalue weighted by atomic mass is 32.2. The van der Waals surface area contributed by atoms with E-state index in [9.17, 15) is 13.2 Å². The summed E-state index contributed by atoms with van der Waals surface area (Å²) in [6.45, 7) is 8.23. The van der Waals surface area contributed by atoms with Crippen LogP contribution < -0.4 is 5.46 Å². The highest BCUT2D eigenvalue weighted by Crippen LogP contribution is 2.36. The van der Waals surface area contributed by atoms with Gasteiger partial charge in [-0.25, -0.2) is 13.2 Å². The molecule has 3 rings (SSSR count). The van der Waals surface area contributed by atoms with Gasteiger partial charge in [-0.15, -0.1) is 0 Å². The molecule has 9 heteroatoms. The van der Waals surface area contributed by atoms with E-state index in [1.54, 1.807) is 24.3 Å². The molecule has 2 aliphatic heterocycles. The van der Waals surface area contributed by atoms with Gasteiger partial charge in [-0.2, -0.15) is 0 Å². The molecule has 2 saturated heterocycles. The lowest BCUT2D eigenvalue weighted by Gasteiger charge is -2.32. The number of rotatable bonds is 3. The molecule has 1 amide bonds. The maximum Gasteiger partial charge on any atom is 0.494 e. The Labute approximate surface area is 160 Å². The summed E-state index contributed by atoms with van der Waals surface area (Å²) < 4.78 is 37.8. The van der Waals surface area contributed by atoms with Crippen molar-refractivity contribution in [2.24, 2.45) is 0 Å². The minimum absolute atomic E-state index is 0.0106. The lowest BCUT2D eigenvalue weighted by atomic mass is 9.79. The number of carboxylic acid groups (broad SMARTS) is 1. The number of piperidine rings is 1. The lowest BCUT2D eigenvalue weighted by Crippen LogP contribution is -2.44. The quantitative estimate of drug-likeness (QED) is 0.786. The van der Waals surface area contributed by atoms with Gasteiger partial charge in [0.05, 0.1) is 21.3 Å². The number of nitrogens with zero attached hydrogens (tertiary/aromatic N) is 1. The second kappa shape index (κ2) is 6.79. The van der Waals surface area contributed by atoms with Crippen LogP contribution in [0.25, 0.3) is 0 Å². The summed E-state index contributed by atoms with van der Waals surface area (Å²) in [6, 6.07) is 6.50. The number of sulfone groups is 1. The van der Waals surface area contributed by atoms with Crippen molar-refractivity contribution < 1.29 is 27.6 Å². The molecule has 0 saturated carbocycles. The first-order chi connectivity index (χ1) is 12.4. The first-order valence-electron chi connectivity index (χ1n) is 9.11. The van der Waals surface area contributed by atoms with E-state index in [2.05, 4.69) is 0 Å². The van der Waals surface area contributed by atoms with Crippen LogP contribution in [0.5, 0.6) is 0 Å².